The van der Waals surface area contributed by atoms with Gasteiger partial charge in [-0.2, -0.15) is 0 Å². The van der Waals surface area contributed by atoms with Crippen molar-refractivity contribution in [2.75, 3.05) is 0 Å². The largest absolute Gasteiger partial charge is 0.481 e. The molecular weight excluding hydrogens is 228 g/mol. The van der Waals surface area contributed by atoms with Crippen LogP contribution in [0.4, 0.5) is 0 Å². The summed E-state index contributed by atoms with van der Waals surface area (Å²) in [6.45, 7) is 0. The number of fused-ring (bicyclic) bond motifs is 1. The number of hydrogen-bond acceptors (Lipinski definition) is 5. The summed E-state index contributed by atoms with van der Waals surface area (Å²) in [7, 11) is 0. The van der Waals surface area contributed by atoms with Gasteiger partial charge >= 0.3 is 5.97 Å². The summed E-state index contributed by atoms with van der Waals surface area (Å²) < 4.78 is 0. The highest BCUT2D eigenvalue weighted by molar-refractivity contribution is 6.30. The van der Waals surface area contributed by atoms with Crippen LogP contribution in [0.3, 0.4) is 0 Å². The van der Waals surface area contributed by atoms with E-state index in [9.17, 15) is 24.6 Å². The highest BCUT2D eigenvalue weighted by Gasteiger charge is 2.50. The summed E-state index contributed by atoms with van der Waals surface area (Å²) in [5.74, 6) is -6.31. The third-order valence-corrected chi connectivity index (χ3v) is 2.56. The lowest BCUT2D eigenvalue weighted by Crippen LogP contribution is -2.40. The van der Waals surface area contributed by atoms with Gasteiger partial charge in [0.15, 0.2) is 0 Å². The SMILES string of the molecule is O=C(O)Cc1ccc2c(c1)C(=O)C(O)(O)C2=O. The lowest BCUT2D eigenvalue weighted by molar-refractivity contribution is -0.136. The Labute approximate surface area is 95.1 Å². The van der Waals surface area contributed by atoms with E-state index >= 15 is 0 Å². The van der Waals surface area contributed by atoms with E-state index in [0.29, 0.717) is 5.56 Å². The van der Waals surface area contributed by atoms with E-state index in [4.69, 9.17) is 5.11 Å². The molecule has 88 valence electrons. The van der Waals surface area contributed by atoms with Crippen LogP contribution in [0.5, 0.6) is 0 Å². The van der Waals surface area contributed by atoms with Gasteiger partial charge in [0.2, 0.25) is 11.6 Å². The molecule has 0 spiro atoms. The van der Waals surface area contributed by atoms with Gasteiger partial charge in [-0.3, -0.25) is 14.4 Å². The number of benzene rings is 1. The predicted molar refractivity (Wildman–Crippen MR) is 53.6 cm³/mol. The highest BCUT2D eigenvalue weighted by atomic mass is 16.5. The summed E-state index contributed by atoms with van der Waals surface area (Å²) in [5.41, 5.74) is 0.0583. The normalized spacial score (nSPS) is 17.1. The van der Waals surface area contributed by atoms with E-state index in [1.807, 2.05) is 0 Å². The van der Waals surface area contributed by atoms with E-state index < -0.39 is 23.3 Å². The van der Waals surface area contributed by atoms with Gasteiger partial charge in [0, 0.05) is 11.1 Å². The zero-order valence-corrected chi connectivity index (χ0v) is 8.51. The topological polar surface area (TPSA) is 112 Å². The van der Waals surface area contributed by atoms with Crippen molar-refractivity contribution in [1.82, 2.24) is 0 Å². The second kappa shape index (κ2) is 3.47. The van der Waals surface area contributed by atoms with Crippen LogP contribution < -0.4 is 0 Å². The lowest BCUT2D eigenvalue weighted by atomic mass is 10.0. The van der Waals surface area contributed by atoms with Crippen LogP contribution in [0.1, 0.15) is 26.3 Å². The maximum Gasteiger partial charge on any atom is 0.307 e. The average molecular weight is 236 g/mol. The predicted octanol–water partition coefficient (Wildman–Crippen LogP) is -0.626. The molecule has 1 aliphatic carbocycles. The maximum absolute atomic E-state index is 11.5. The minimum absolute atomic E-state index is 0.103. The quantitative estimate of drug-likeness (QED) is 0.465. The number of ketones is 2. The van der Waals surface area contributed by atoms with E-state index in [2.05, 4.69) is 0 Å². The fourth-order valence-electron chi connectivity index (χ4n) is 1.74. The molecule has 0 atom stereocenters. The van der Waals surface area contributed by atoms with Crippen LogP contribution in [0.2, 0.25) is 0 Å². The molecule has 1 aromatic carbocycles. The molecular formula is C11H8O6. The van der Waals surface area contributed by atoms with Gasteiger partial charge in [-0.05, 0) is 11.6 Å². The average Bonchev–Trinajstić information content (AvgIpc) is 2.40. The number of carboxylic acid groups (broad SMARTS) is 1. The second-order valence-electron chi connectivity index (χ2n) is 3.78. The van der Waals surface area contributed by atoms with Crippen LogP contribution in [-0.4, -0.2) is 38.6 Å². The van der Waals surface area contributed by atoms with Crippen LogP contribution in [0.15, 0.2) is 18.2 Å². The molecule has 17 heavy (non-hydrogen) atoms. The van der Waals surface area contributed by atoms with Crippen molar-refractivity contribution < 1.29 is 29.7 Å². The molecule has 6 heteroatoms. The Kier molecular flexibility index (Phi) is 2.34. The Balaban J connectivity index is 2.50. The molecule has 0 saturated heterocycles. The Morgan fingerprint density at radius 1 is 1.12 bits per heavy atom. The molecule has 1 aliphatic rings. The first-order chi connectivity index (χ1) is 7.84. The number of hydrogen-bond donors (Lipinski definition) is 3. The zero-order valence-electron chi connectivity index (χ0n) is 8.51. The maximum atomic E-state index is 11.5. The van der Waals surface area contributed by atoms with Crippen molar-refractivity contribution in [3.63, 3.8) is 0 Å². The molecule has 2 rings (SSSR count). The number of aliphatic hydroxyl groups is 2. The van der Waals surface area contributed by atoms with Crippen molar-refractivity contribution >= 4 is 17.5 Å². The molecule has 6 nitrogen and oxygen atoms in total. The van der Waals surface area contributed by atoms with Crippen molar-refractivity contribution in [2.45, 2.75) is 12.2 Å². The monoisotopic (exact) mass is 236 g/mol. The minimum atomic E-state index is -3.02. The minimum Gasteiger partial charge on any atom is -0.481 e. The van der Waals surface area contributed by atoms with Gasteiger partial charge < -0.3 is 15.3 Å². The summed E-state index contributed by atoms with van der Waals surface area (Å²) in [5, 5.41) is 27.1. The molecule has 0 fully saturated rings. The molecule has 0 heterocycles. The number of Topliss-reactive ketones (excluding diaryl/α,β-unsaturated/α-hetero) is 2. The van der Waals surface area contributed by atoms with Gasteiger partial charge in [0.1, 0.15) is 0 Å². The van der Waals surface area contributed by atoms with Crippen LogP contribution in [0.25, 0.3) is 0 Å². The lowest BCUT2D eigenvalue weighted by Gasteiger charge is -2.08. The second-order valence-corrected chi connectivity index (χ2v) is 3.78. The molecule has 0 bridgehead atoms. The van der Waals surface area contributed by atoms with E-state index in [1.165, 1.54) is 18.2 Å². The summed E-state index contributed by atoms with van der Waals surface area (Å²) in [6.07, 6.45) is -0.307. The van der Waals surface area contributed by atoms with Crippen molar-refractivity contribution in [3.05, 3.63) is 34.9 Å². The smallest absolute Gasteiger partial charge is 0.307 e. The molecule has 1 aromatic rings. The van der Waals surface area contributed by atoms with Gasteiger partial charge in [-0.15, -0.1) is 0 Å². The number of carbonyl (C=O) groups is 3. The standard InChI is InChI=1S/C11H8O6/c12-8(13)4-5-1-2-6-7(3-5)10(15)11(16,17)9(6)14/h1-3,16-17H,4H2,(H,12,13). The van der Waals surface area contributed by atoms with Crippen LogP contribution in [0, 0.1) is 0 Å². The third-order valence-electron chi connectivity index (χ3n) is 2.56. The van der Waals surface area contributed by atoms with E-state index in [1.54, 1.807) is 0 Å². The first-order valence-corrected chi connectivity index (χ1v) is 4.73. The number of carbonyl (C=O) groups excluding carboxylic acids is 2. The Bertz CT molecular complexity index is 543. The summed E-state index contributed by atoms with van der Waals surface area (Å²) in [6, 6.07) is 3.78. The van der Waals surface area contributed by atoms with E-state index in [0.717, 1.165) is 0 Å². The molecule has 0 saturated carbocycles. The van der Waals surface area contributed by atoms with E-state index in [-0.39, 0.29) is 17.5 Å². The molecule has 0 aliphatic heterocycles. The Morgan fingerprint density at radius 2 is 1.71 bits per heavy atom. The Hall–Kier alpha value is -2.05. The molecule has 0 unspecified atom stereocenters. The molecule has 3 N–H and O–H groups in total. The summed E-state index contributed by atoms with van der Waals surface area (Å²) >= 11 is 0. The number of aliphatic carboxylic acids is 1. The van der Waals surface area contributed by atoms with Gasteiger partial charge in [-0.25, -0.2) is 0 Å². The fourth-order valence-corrected chi connectivity index (χ4v) is 1.74. The van der Waals surface area contributed by atoms with Crippen LogP contribution >= 0.6 is 0 Å². The highest BCUT2D eigenvalue weighted by Crippen LogP contribution is 2.29. The zero-order chi connectivity index (χ0) is 12.8. The van der Waals surface area contributed by atoms with Crippen LogP contribution in [-0.2, 0) is 11.2 Å². The molecule has 0 aromatic heterocycles. The number of rotatable bonds is 2. The molecule has 0 radical (unpaired) electrons. The third kappa shape index (κ3) is 1.63. The first kappa shape index (κ1) is 11.4. The van der Waals surface area contributed by atoms with Crippen molar-refractivity contribution in [3.8, 4) is 0 Å². The van der Waals surface area contributed by atoms with Crippen molar-refractivity contribution in [2.24, 2.45) is 0 Å². The first-order valence-electron chi connectivity index (χ1n) is 4.73. The Morgan fingerprint density at radius 3 is 2.29 bits per heavy atom. The summed E-state index contributed by atoms with van der Waals surface area (Å²) in [4.78, 5) is 33.4. The van der Waals surface area contributed by atoms with Crippen molar-refractivity contribution in [1.29, 1.82) is 0 Å². The van der Waals surface area contributed by atoms with Gasteiger partial charge in [0.05, 0.1) is 6.42 Å². The molecule has 0 amide bonds. The fraction of sp³-hybridized carbons (Fsp3) is 0.182. The number of carboxylic acids is 1. The van der Waals surface area contributed by atoms with Gasteiger partial charge in [-0.1, -0.05) is 12.1 Å². The van der Waals surface area contributed by atoms with Gasteiger partial charge in [0.25, 0.3) is 5.79 Å².